The summed E-state index contributed by atoms with van der Waals surface area (Å²) in [6.45, 7) is 3.73. The number of hydrogen-bond acceptors (Lipinski definition) is 1. The molecule has 0 saturated heterocycles. The van der Waals surface area contributed by atoms with E-state index in [-0.39, 0.29) is 28.9 Å². The predicted molar refractivity (Wildman–Crippen MR) is 70.1 cm³/mol. The van der Waals surface area contributed by atoms with Crippen molar-refractivity contribution in [2.45, 2.75) is 32.5 Å². The van der Waals surface area contributed by atoms with Crippen LogP contribution < -0.4 is 5.73 Å². The molecule has 0 aromatic heterocycles. The molecule has 1 aromatic rings. The molecule has 1 unspecified atom stereocenters. The van der Waals surface area contributed by atoms with E-state index in [1.165, 1.54) is 12.1 Å². The first-order valence-corrected chi connectivity index (χ1v) is 5.77. The van der Waals surface area contributed by atoms with Crippen LogP contribution >= 0.6 is 24.0 Å². The van der Waals surface area contributed by atoms with Crippen LogP contribution in [0.3, 0.4) is 0 Å². The first kappa shape index (κ1) is 17.6. The SMILES string of the molecule is CCC(C)[C@H](N)c1ccc(Cl)cc1C(F)(F)F.Cl. The lowest BCUT2D eigenvalue weighted by Gasteiger charge is -2.23. The zero-order chi connectivity index (χ0) is 13.2. The predicted octanol–water partition coefficient (Wildman–Crippen LogP) is 4.83. The fourth-order valence-electron chi connectivity index (χ4n) is 1.63. The van der Waals surface area contributed by atoms with Gasteiger partial charge >= 0.3 is 6.18 Å². The first-order chi connectivity index (χ1) is 7.77. The zero-order valence-corrected chi connectivity index (χ0v) is 11.7. The van der Waals surface area contributed by atoms with Gasteiger partial charge in [0, 0.05) is 11.1 Å². The number of rotatable bonds is 3. The van der Waals surface area contributed by atoms with Crippen LogP contribution in [0.5, 0.6) is 0 Å². The molecular weight excluding hydrogens is 286 g/mol. The van der Waals surface area contributed by atoms with Gasteiger partial charge < -0.3 is 5.73 Å². The summed E-state index contributed by atoms with van der Waals surface area (Å²) in [7, 11) is 0. The summed E-state index contributed by atoms with van der Waals surface area (Å²) in [5.41, 5.74) is 5.22. The molecule has 0 bridgehead atoms. The Morgan fingerprint density at radius 1 is 1.33 bits per heavy atom. The number of nitrogens with two attached hydrogens (primary N) is 1. The van der Waals surface area contributed by atoms with Gasteiger partial charge in [0.05, 0.1) is 5.56 Å². The molecule has 2 atom stereocenters. The average Bonchev–Trinajstić information content (AvgIpc) is 2.25. The lowest BCUT2D eigenvalue weighted by molar-refractivity contribution is -0.138. The number of halogens is 5. The van der Waals surface area contributed by atoms with E-state index < -0.39 is 17.8 Å². The van der Waals surface area contributed by atoms with Gasteiger partial charge in [-0.1, -0.05) is 37.9 Å². The molecular formula is C12H16Cl2F3N. The Balaban J connectivity index is 0.00000289. The van der Waals surface area contributed by atoms with Crippen LogP contribution in [0.15, 0.2) is 18.2 Å². The molecule has 0 aliphatic carbocycles. The monoisotopic (exact) mass is 301 g/mol. The van der Waals surface area contributed by atoms with Crippen molar-refractivity contribution < 1.29 is 13.2 Å². The molecule has 0 amide bonds. The van der Waals surface area contributed by atoms with Gasteiger partial charge in [0.1, 0.15) is 0 Å². The van der Waals surface area contributed by atoms with Crippen LogP contribution in [-0.4, -0.2) is 0 Å². The fraction of sp³-hybridized carbons (Fsp3) is 0.500. The van der Waals surface area contributed by atoms with Gasteiger partial charge in [-0.25, -0.2) is 0 Å². The Labute approximate surface area is 116 Å². The molecule has 6 heteroatoms. The molecule has 2 N–H and O–H groups in total. The van der Waals surface area contributed by atoms with Gasteiger partial charge in [-0.3, -0.25) is 0 Å². The summed E-state index contributed by atoms with van der Waals surface area (Å²) in [5, 5.41) is 0.0671. The van der Waals surface area contributed by atoms with Gasteiger partial charge in [0.25, 0.3) is 0 Å². The Morgan fingerprint density at radius 2 is 1.89 bits per heavy atom. The van der Waals surface area contributed by atoms with E-state index in [0.29, 0.717) is 0 Å². The van der Waals surface area contributed by atoms with Crippen LogP contribution in [0, 0.1) is 5.92 Å². The normalized spacial score (nSPS) is 14.8. The van der Waals surface area contributed by atoms with Crippen molar-refractivity contribution in [3.8, 4) is 0 Å². The second-order valence-corrected chi connectivity index (χ2v) is 4.58. The van der Waals surface area contributed by atoms with Crippen LogP contribution in [0.2, 0.25) is 5.02 Å². The largest absolute Gasteiger partial charge is 0.416 e. The molecule has 0 saturated carbocycles. The van der Waals surface area contributed by atoms with Gasteiger partial charge in [-0.2, -0.15) is 13.2 Å². The topological polar surface area (TPSA) is 26.0 Å². The molecule has 1 rings (SSSR count). The maximum atomic E-state index is 12.8. The van der Waals surface area contributed by atoms with Gasteiger partial charge in [0.15, 0.2) is 0 Å². The van der Waals surface area contributed by atoms with Gasteiger partial charge in [0.2, 0.25) is 0 Å². The quantitative estimate of drug-likeness (QED) is 0.850. The summed E-state index contributed by atoms with van der Waals surface area (Å²) in [5.74, 6) is -0.0164. The molecule has 0 aliphatic rings. The standard InChI is InChI=1S/C12H15ClF3N.ClH/c1-3-7(2)11(17)9-5-4-8(13)6-10(9)12(14,15)16;/h4-7,11H,3,17H2,1-2H3;1H/t7?,11-;/m0./s1. The van der Waals surface area contributed by atoms with Gasteiger partial charge in [-0.05, 0) is 23.6 Å². The Kier molecular flexibility index (Phi) is 6.47. The minimum Gasteiger partial charge on any atom is -0.324 e. The van der Waals surface area contributed by atoms with Crippen LogP contribution in [0.1, 0.15) is 37.4 Å². The second kappa shape index (κ2) is 6.64. The van der Waals surface area contributed by atoms with E-state index in [1.807, 2.05) is 13.8 Å². The van der Waals surface area contributed by atoms with Crippen molar-refractivity contribution in [2.24, 2.45) is 11.7 Å². The summed E-state index contributed by atoms with van der Waals surface area (Å²) in [6, 6.07) is 3.10. The highest BCUT2D eigenvalue weighted by Gasteiger charge is 2.35. The molecule has 0 radical (unpaired) electrons. The highest BCUT2D eigenvalue weighted by molar-refractivity contribution is 6.30. The highest BCUT2D eigenvalue weighted by Crippen LogP contribution is 2.37. The summed E-state index contributed by atoms with van der Waals surface area (Å²) >= 11 is 5.60. The smallest absolute Gasteiger partial charge is 0.324 e. The number of hydrogen-bond donors (Lipinski definition) is 1. The first-order valence-electron chi connectivity index (χ1n) is 5.39. The van der Waals surface area contributed by atoms with E-state index in [9.17, 15) is 13.2 Å². The average molecular weight is 302 g/mol. The second-order valence-electron chi connectivity index (χ2n) is 4.14. The van der Waals surface area contributed by atoms with E-state index in [2.05, 4.69) is 0 Å². The highest BCUT2D eigenvalue weighted by atomic mass is 35.5. The third-order valence-corrected chi connectivity index (χ3v) is 3.17. The Morgan fingerprint density at radius 3 is 2.33 bits per heavy atom. The maximum absolute atomic E-state index is 12.8. The Hall–Kier alpha value is -0.450. The molecule has 0 heterocycles. The van der Waals surface area contributed by atoms with Gasteiger partial charge in [-0.15, -0.1) is 12.4 Å². The lowest BCUT2D eigenvalue weighted by Crippen LogP contribution is -2.22. The fourth-order valence-corrected chi connectivity index (χ4v) is 1.80. The zero-order valence-electron chi connectivity index (χ0n) is 10.1. The van der Waals surface area contributed by atoms with Crippen LogP contribution in [-0.2, 0) is 6.18 Å². The number of alkyl halides is 3. The molecule has 1 aromatic carbocycles. The van der Waals surface area contributed by atoms with Crippen molar-refractivity contribution >= 4 is 24.0 Å². The van der Waals surface area contributed by atoms with Crippen LogP contribution in [0.4, 0.5) is 13.2 Å². The van der Waals surface area contributed by atoms with E-state index in [0.717, 1.165) is 12.5 Å². The summed E-state index contributed by atoms with van der Waals surface area (Å²) in [6.07, 6.45) is -3.70. The van der Waals surface area contributed by atoms with E-state index in [1.54, 1.807) is 0 Å². The molecule has 1 nitrogen and oxygen atoms in total. The van der Waals surface area contributed by atoms with E-state index >= 15 is 0 Å². The molecule has 104 valence electrons. The van der Waals surface area contributed by atoms with Crippen molar-refractivity contribution in [2.75, 3.05) is 0 Å². The Bertz CT molecular complexity index is 393. The third kappa shape index (κ3) is 4.04. The van der Waals surface area contributed by atoms with Crippen molar-refractivity contribution in [1.82, 2.24) is 0 Å². The minimum absolute atomic E-state index is 0. The molecule has 0 aliphatic heterocycles. The van der Waals surface area contributed by atoms with Crippen molar-refractivity contribution in [1.29, 1.82) is 0 Å². The minimum atomic E-state index is -4.43. The lowest BCUT2D eigenvalue weighted by atomic mass is 9.90. The third-order valence-electron chi connectivity index (χ3n) is 2.94. The van der Waals surface area contributed by atoms with Crippen molar-refractivity contribution in [3.63, 3.8) is 0 Å². The summed E-state index contributed by atoms with van der Waals surface area (Å²) in [4.78, 5) is 0. The number of benzene rings is 1. The summed E-state index contributed by atoms with van der Waals surface area (Å²) < 4.78 is 38.5. The van der Waals surface area contributed by atoms with Crippen molar-refractivity contribution in [3.05, 3.63) is 34.3 Å². The molecule has 0 spiro atoms. The van der Waals surface area contributed by atoms with Crippen LogP contribution in [0.25, 0.3) is 0 Å². The van der Waals surface area contributed by atoms with E-state index in [4.69, 9.17) is 17.3 Å². The molecule has 0 fully saturated rings. The molecule has 18 heavy (non-hydrogen) atoms. The maximum Gasteiger partial charge on any atom is 0.416 e.